The molecule has 3 aromatic rings. The number of para-hydroxylation sites is 1. The lowest BCUT2D eigenvalue weighted by atomic mass is 10.2. The van der Waals surface area contributed by atoms with Crippen molar-refractivity contribution in [2.45, 2.75) is 25.9 Å². The largest absolute Gasteiger partial charge is 0.334 e. The molecule has 0 spiro atoms. The van der Waals surface area contributed by atoms with Gasteiger partial charge >= 0.3 is 6.03 Å². The Labute approximate surface area is 169 Å². The van der Waals surface area contributed by atoms with E-state index in [1.165, 1.54) is 0 Å². The van der Waals surface area contributed by atoms with Gasteiger partial charge in [0, 0.05) is 36.5 Å². The van der Waals surface area contributed by atoms with Gasteiger partial charge in [0.15, 0.2) is 0 Å². The van der Waals surface area contributed by atoms with E-state index in [1.54, 1.807) is 10.9 Å². The maximum absolute atomic E-state index is 12.1. The summed E-state index contributed by atoms with van der Waals surface area (Å²) in [6.45, 7) is 0.802. The fourth-order valence-corrected chi connectivity index (χ4v) is 2.90. The monoisotopic (exact) mass is 389 g/mol. The summed E-state index contributed by atoms with van der Waals surface area (Å²) in [7, 11) is 0. The molecular weight excluding hydrogens is 366 g/mol. The van der Waals surface area contributed by atoms with E-state index in [1.807, 2.05) is 60.8 Å². The van der Waals surface area contributed by atoms with Crippen molar-refractivity contribution in [2.24, 2.45) is 5.92 Å². The molecule has 1 aliphatic rings. The molecule has 148 valence electrons. The predicted molar refractivity (Wildman–Crippen MR) is 110 cm³/mol. The van der Waals surface area contributed by atoms with Gasteiger partial charge in [0.2, 0.25) is 5.91 Å². The van der Waals surface area contributed by atoms with Gasteiger partial charge in [-0.2, -0.15) is 5.10 Å². The second-order valence-corrected chi connectivity index (χ2v) is 7.13. The van der Waals surface area contributed by atoms with E-state index in [0.29, 0.717) is 13.1 Å². The Kier molecular flexibility index (Phi) is 5.56. The number of nitrogens with zero attached hydrogens (tertiary/aromatic N) is 2. The molecule has 2 aromatic carbocycles. The molecule has 0 bridgehead atoms. The van der Waals surface area contributed by atoms with Crippen LogP contribution in [0.2, 0.25) is 0 Å². The Hall–Kier alpha value is -3.61. The molecular formula is C22H23N5O2. The van der Waals surface area contributed by atoms with Crippen molar-refractivity contribution in [1.82, 2.24) is 20.4 Å². The van der Waals surface area contributed by atoms with Crippen LogP contribution in [0.3, 0.4) is 0 Å². The number of urea groups is 1. The number of amides is 3. The molecule has 1 heterocycles. The van der Waals surface area contributed by atoms with Crippen molar-refractivity contribution in [3.05, 3.63) is 78.1 Å². The molecule has 1 saturated carbocycles. The lowest BCUT2D eigenvalue weighted by Crippen LogP contribution is -2.34. The quantitative estimate of drug-likeness (QED) is 0.580. The van der Waals surface area contributed by atoms with Gasteiger partial charge in [0.1, 0.15) is 0 Å². The first-order valence-corrected chi connectivity index (χ1v) is 9.68. The topological polar surface area (TPSA) is 88.1 Å². The van der Waals surface area contributed by atoms with Crippen LogP contribution in [-0.2, 0) is 17.9 Å². The van der Waals surface area contributed by atoms with Crippen molar-refractivity contribution in [2.75, 3.05) is 5.32 Å². The zero-order chi connectivity index (χ0) is 20.1. The summed E-state index contributed by atoms with van der Waals surface area (Å²) in [4.78, 5) is 23.8. The Morgan fingerprint density at radius 2 is 1.62 bits per heavy atom. The Morgan fingerprint density at radius 3 is 2.31 bits per heavy atom. The fourth-order valence-electron chi connectivity index (χ4n) is 2.90. The minimum Gasteiger partial charge on any atom is -0.334 e. The van der Waals surface area contributed by atoms with Crippen molar-refractivity contribution in [3.8, 4) is 5.69 Å². The van der Waals surface area contributed by atoms with Crippen molar-refractivity contribution >= 4 is 17.6 Å². The molecule has 7 nitrogen and oxygen atoms in total. The molecule has 0 atom stereocenters. The van der Waals surface area contributed by atoms with Crippen LogP contribution in [0, 0.1) is 5.92 Å². The number of carbonyl (C=O) groups is 2. The van der Waals surface area contributed by atoms with Crippen LogP contribution in [0.5, 0.6) is 0 Å². The van der Waals surface area contributed by atoms with Crippen LogP contribution in [-0.4, -0.2) is 21.7 Å². The van der Waals surface area contributed by atoms with Crippen LogP contribution in [0.15, 0.2) is 67.0 Å². The highest BCUT2D eigenvalue weighted by atomic mass is 16.2. The summed E-state index contributed by atoms with van der Waals surface area (Å²) < 4.78 is 1.78. The number of rotatable bonds is 7. The maximum Gasteiger partial charge on any atom is 0.315 e. The van der Waals surface area contributed by atoms with Gasteiger partial charge in [-0.05, 0) is 42.7 Å². The van der Waals surface area contributed by atoms with Crippen LogP contribution >= 0.6 is 0 Å². The number of nitrogens with one attached hydrogen (secondary N) is 3. The number of benzene rings is 2. The first kappa shape index (κ1) is 18.7. The molecule has 4 rings (SSSR count). The number of aromatic nitrogens is 2. The van der Waals surface area contributed by atoms with E-state index in [-0.39, 0.29) is 17.9 Å². The summed E-state index contributed by atoms with van der Waals surface area (Å²) in [5.41, 5.74) is 3.63. The maximum atomic E-state index is 12.1. The smallest absolute Gasteiger partial charge is 0.315 e. The zero-order valence-corrected chi connectivity index (χ0v) is 16.0. The first-order valence-electron chi connectivity index (χ1n) is 9.68. The van der Waals surface area contributed by atoms with Gasteiger partial charge in [-0.25, -0.2) is 9.48 Å². The van der Waals surface area contributed by atoms with Crippen molar-refractivity contribution in [3.63, 3.8) is 0 Å². The molecule has 1 aliphatic carbocycles. The lowest BCUT2D eigenvalue weighted by molar-refractivity contribution is -0.117. The van der Waals surface area contributed by atoms with Gasteiger partial charge in [-0.1, -0.05) is 30.3 Å². The molecule has 0 saturated heterocycles. The molecule has 3 amide bonds. The highest BCUT2D eigenvalue weighted by molar-refractivity contribution is 5.94. The first-order chi connectivity index (χ1) is 14.2. The fraction of sp³-hybridized carbons (Fsp3) is 0.227. The molecule has 0 aliphatic heterocycles. The lowest BCUT2D eigenvalue weighted by Gasteiger charge is -2.08. The number of hydrogen-bond donors (Lipinski definition) is 3. The molecule has 1 aromatic heterocycles. The predicted octanol–water partition coefficient (Wildman–Crippen LogP) is 3.22. The minimum absolute atomic E-state index is 0.0887. The Bertz CT molecular complexity index is 978. The molecule has 0 unspecified atom stereocenters. The Morgan fingerprint density at radius 1 is 0.931 bits per heavy atom. The van der Waals surface area contributed by atoms with Gasteiger partial charge in [0.05, 0.1) is 11.9 Å². The highest BCUT2D eigenvalue weighted by Crippen LogP contribution is 2.30. The van der Waals surface area contributed by atoms with Gasteiger partial charge in [-0.3, -0.25) is 4.79 Å². The van der Waals surface area contributed by atoms with E-state index in [2.05, 4.69) is 21.0 Å². The summed E-state index contributed by atoms with van der Waals surface area (Å²) in [5, 5.41) is 12.9. The van der Waals surface area contributed by atoms with Crippen LogP contribution in [0.4, 0.5) is 10.5 Å². The second kappa shape index (κ2) is 8.60. The van der Waals surface area contributed by atoms with E-state index in [0.717, 1.165) is 35.3 Å². The van der Waals surface area contributed by atoms with Gasteiger partial charge in [-0.15, -0.1) is 0 Å². The van der Waals surface area contributed by atoms with E-state index >= 15 is 0 Å². The van der Waals surface area contributed by atoms with E-state index in [9.17, 15) is 9.59 Å². The standard InChI is InChI=1S/C22H23N5O2/c28-21(18-8-9-18)26-19-10-6-16(7-11-19)12-23-22(29)24-13-17-14-25-27(15-17)20-4-2-1-3-5-20/h1-7,10-11,14-15,18H,8-9,12-13H2,(H,26,28)(H2,23,24,29). The zero-order valence-electron chi connectivity index (χ0n) is 16.0. The molecule has 3 N–H and O–H groups in total. The summed E-state index contributed by atoms with van der Waals surface area (Å²) >= 11 is 0. The molecule has 29 heavy (non-hydrogen) atoms. The average molecular weight is 389 g/mol. The van der Waals surface area contributed by atoms with Crippen LogP contribution < -0.4 is 16.0 Å². The van der Waals surface area contributed by atoms with E-state index in [4.69, 9.17) is 0 Å². The van der Waals surface area contributed by atoms with Crippen molar-refractivity contribution < 1.29 is 9.59 Å². The SMILES string of the molecule is O=C(NCc1ccc(NC(=O)C2CC2)cc1)NCc1cnn(-c2ccccc2)c1. The van der Waals surface area contributed by atoms with Crippen LogP contribution in [0.25, 0.3) is 5.69 Å². The third kappa shape index (κ3) is 5.22. The third-order valence-electron chi connectivity index (χ3n) is 4.73. The van der Waals surface area contributed by atoms with Crippen LogP contribution in [0.1, 0.15) is 24.0 Å². The summed E-state index contributed by atoms with van der Waals surface area (Å²) in [5.74, 6) is 0.269. The second-order valence-electron chi connectivity index (χ2n) is 7.13. The molecule has 1 fully saturated rings. The normalized spacial score (nSPS) is 13.0. The molecule has 0 radical (unpaired) electrons. The van der Waals surface area contributed by atoms with Gasteiger partial charge in [0.25, 0.3) is 0 Å². The summed E-state index contributed by atoms with van der Waals surface area (Å²) in [6, 6.07) is 17.1. The number of carbonyl (C=O) groups excluding carboxylic acids is 2. The molecule has 7 heteroatoms. The Balaban J connectivity index is 1.21. The minimum atomic E-state index is -0.247. The highest BCUT2D eigenvalue weighted by Gasteiger charge is 2.29. The number of anilines is 1. The van der Waals surface area contributed by atoms with Crippen molar-refractivity contribution in [1.29, 1.82) is 0 Å². The van der Waals surface area contributed by atoms with E-state index < -0.39 is 0 Å². The number of hydrogen-bond acceptors (Lipinski definition) is 3. The average Bonchev–Trinajstić information content (AvgIpc) is 3.50. The summed E-state index contributed by atoms with van der Waals surface area (Å²) in [6.07, 6.45) is 5.60. The van der Waals surface area contributed by atoms with Gasteiger partial charge < -0.3 is 16.0 Å². The third-order valence-corrected chi connectivity index (χ3v) is 4.73.